The minimum atomic E-state index is 0.0312. The predicted octanol–water partition coefficient (Wildman–Crippen LogP) is 3.05. The van der Waals surface area contributed by atoms with Crippen LogP contribution in [0.3, 0.4) is 0 Å². The van der Waals surface area contributed by atoms with E-state index in [0.29, 0.717) is 35.3 Å². The molecule has 5 heteroatoms. The van der Waals surface area contributed by atoms with E-state index in [1.54, 1.807) is 13.2 Å². The molecule has 118 valence electrons. The third kappa shape index (κ3) is 2.67. The van der Waals surface area contributed by atoms with Crippen LogP contribution in [0.1, 0.15) is 37.0 Å². The molecule has 1 aromatic carbocycles. The number of carbonyl (C=O) groups excluding carboxylic acids is 1. The monoisotopic (exact) mass is 302 g/mol. The molecule has 1 atom stereocenters. The third-order valence-corrected chi connectivity index (χ3v) is 4.03. The molecule has 1 unspecified atom stereocenters. The second kappa shape index (κ2) is 5.99. The maximum Gasteiger partial charge on any atom is 0.256 e. The lowest BCUT2D eigenvalue weighted by Crippen LogP contribution is -2.35. The van der Waals surface area contributed by atoms with Gasteiger partial charge in [-0.1, -0.05) is 13.8 Å². The first-order chi connectivity index (χ1) is 10.6. The van der Waals surface area contributed by atoms with Crippen molar-refractivity contribution in [3.8, 4) is 11.5 Å². The zero-order chi connectivity index (χ0) is 15.7. The van der Waals surface area contributed by atoms with Gasteiger partial charge in [-0.3, -0.25) is 9.79 Å². The average molecular weight is 302 g/mol. The lowest BCUT2D eigenvalue weighted by molar-refractivity contribution is 0.0774. The molecule has 3 rings (SSSR count). The summed E-state index contributed by atoms with van der Waals surface area (Å²) < 4.78 is 11.2. The van der Waals surface area contributed by atoms with Crippen molar-refractivity contribution in [2.45, 2.75) is 32.7 Å². The van der Waals surface area contributed by atoms with Crippen molar-refractivity contribution in [1.82, 2.24) is 4.90 Å². The Labute approximate surface area is 130 Å². The molecule has 5 nitrogen and oxygen atoms in total. The van der Waals surface area contributed by atoms with Gasteiger partial charge in [-0.25, -0.2) is 0 Å². The van der Waals surface area contributed by atoms with Crippen LogP contribution in [0.5, 0.6) is 11.5 Å². The molecule has 1 fully saturated rings. The van der Waals surface area contributed by atoms with Gasteiger partial charge in [0.15, 0.2) is 11.5 Å². The number of ether oxygens (including phenoxy) is 2. The van der Waals surface area contributed by atoms with Crippen molar-refractivity contribution < 1.29 is 14.3 Å². The van der Waals surface area contributed by atoms with Gasteiger partial charge in [0.25, 0.3) is 5.91 Å². The molecule has 0 N–H and O–H groups in total. The van der Waals surface area contributed by atoms with Gasteiger partial charge in [-0.15, -0.1) is 0 Å². The number of hydrogen-bond acceptors (Lipinski definition) is 4. The van der Waals surface area contributed by atoms with E-state index in [0.717, 1.165) is 19.4 Å². The fraction of sp³-hybridized carbons (Fsp3) is 0.529. The van der Waals surface area contributed by atoms with E-state index in [1.165, 1.54) is 0 Å². The molecule has 1 amide bonds. The van der Waals surface area contributed by atoms with E-state index in [1.807, 2.05) is 17.2 Å². The van der Waals surface area contributed by atoms with Crippen molar-refractivity contribution in [2.24, 2.45) is 10.9 Å². The largest absolute Gasteiger partial charge is 0.493 e. The summed E-state index contributed by atoms with van der Waals surface area (Å²) in [7, 11) is 1.59. The van der Waals surface area contributed by atoms with Crippen LogP contribution in [0.25, 0.3) is 0 Å². The molecule has 1 aromatic rings. The van der Waals surface area contributed by atoms with Crippen molar-refractivity contribution >= 4 is 17.8 Å². The lowest BCUT2D eigenvalue weighted by atomic mass is 10.1. The molecule has 1 saturated heterocycles. The predicted molar refractivity (Wildman–Crippen MR) is 85.5 cm³/mol. The minimum Gasteiger partial charge on any atom is -0.493 e. The second-order valence-electron chi connectivity index (χ2n) is 6.21. The van der Waals surface area contributed by atoms with Crippen LogP contribution in [0.15, 0.2) is 17.1 Å². The Morgan fingerprint density at radius 2 is 2.18 bits per heavy atom. The summed E-state index contributed by atoms with van der Waals surface area (Å²) >= 11 is 0. The van der Waals surface area contributed by atoms with Crippen LogP contribution in [-0.2, 0) is 0 Å². The van der Waals surface area contributed by atoms with Crippen molar-refractivity contribution in [1.29, 1.82) is 0 Å². The summed E-state index contributed by atoms with van der Waals surface area (Å²) in [4.78, 5) is 19.1. The molecular formula is C17H22N2O3. The third-order valence-electron chi connectivity index (χ3n) is 4.03. The van der Waals surface area contributed by atoms with Gasteiger partial charge >= 0.3 is 0 Å². The molecular weight excluding hydrogens is 280 g/mol. The first kappa shape index (κ1) is 14.9. The minimum absolute atomic E-state index is 0.0312. The molecule has 22 heavy (non-hydrogen) atoms. The molecule has 2 aliphatic rings. The molecule has 2 aliphatic heterocycles. The maximum atomic E-state index is 12.7. The van der Waals surface area contributed by atoms with E-state index >= 15 is 0 Å². The van der Waals surface area contributed by atoms with E-state index in [-0.39, 0.29) is 11.9 Å². The highest BCUT2D eigenvalue weighted by Gasteiger charge is 2.32. The number of hydrogen-bond donors (Lipinski definition) is 0. The Bertz CT molecular complexity index is 610. The average Bonchev–Trinajstić information content (AvgIpc) is 2.93. The van der Waals surface area contributed by atoms with Crippen molar-refractivity contribution in [3.05, 3.63) is 17.7 Å². The quantitative estimate of drug-likeness (QED) is 0.859. The van der Waals surface area contributed by atoms with Gasteiger partial charge < -0.3 is 14.4 Å². The summed E-state index contributed by atoms with van der Waals surface area (Å²) in [5.74, 6) is 1.67. The number of methoxy groups -OCH3 is 1. The van der Waals surface area contributed by atoms with Gasteiger partial charge in [0.05, 0.1) is 31.0 Å². The number of rotatable bonds is 4. The number of nitrogens with zero attached hydrogens (tertiary/aromatic N) is 2. The summed E-state index contributed by atoms with van der Waals surface area (Å²) in [6.07, 6.45) is 3.90. The Kier molecular flexibility index (Phi) is 4.05. The van der Waals surface area contributed by atoms with Gasteiger partial charge in [-0.05, 0) is 24.8 Å². The van der Waals surface area contributed by atoms with Gasteiger partial charge in [0.1, 0.15) is 0 Å². The van der Waals surface area contributed by atoms with Crippen molar-refractivity contribution in [3.63, 3.8) is 0 Å². The number of carbonyl (C=O) groups is 1. The highest BCUT2D eigenvalue weighted by Crippen LogP contribution is 2.38. The smallest absolute Gasteiger partial charge is 0.256 e. The molecule has 0 radical (unpaired) electrons. The topological polar surface area (TPSA) is 51.1 Å². The number of amides is 1. The van der Waals surface area contributed by atoms with Crippen LogP contribution in [0, 0.1) is 5.92 Å². The van der Waals surface area contributed by atoms with E-state index in [2.05, 4.69) is 18.8 Å². The normalized spacial score (nSPS) is 19.9. The zero-order valence-electron chi connectivity index (χ0n) is 13.3. The van der Waals surface area contributed by atoms with E-state index < -0.39 is 0 Å². The second-order valence-corrected chi connectivity index (χ2v) is 6.21. The fourth-order valence-electron chi connectivity index (χ4n) is 2.88. The molecule has 0 aromatic heterocycles. The maximum absolute atomic E-state index is 12.7. The highest BCUT2D eigenvalue weighted by molar-refractivity contribution is 6.03. The lowest BCUT2D eigenvalue weighted by Gasteiger charge is -2.20. The molecule has 2 heterocycles. The van der Waals surface area contributed by atoms with Gasteiger partial charge in [0, 0.05) is 18.8 Å². The SMILES string of the molecule is COc1cc2c(cc1OCC(C)C)N=CC1CCCN1C2=O. The Morgan fingerprint density at radius 1 is 1.36 bits per heavy atom. The zero-order valence-corrected chi connectivity index (χ0v) is 13.3. The fourth-order valence-corrected chi connectivity index (χ4v) is 2.88. The van der Waals surface area contributed by atoms with Crippen LogP contribution in [-0.4, -0.2) is 43.3 Å². The first-order valence-electron chi connectivity index (χ1n) is 7.80. The van der Waals surface area contributed by atoms with Crippen LogP contribution < -0.4 is 9.47 Å². The van der Waals surface area contributed by atoms with Gasteiger partial charge in [-0.2, -0.15) is 0 Å². The molecule has 0 spiro atoms. The van der Waals surface area contributed by atoms with E-state index in [4.69, 9.17) is 9.47 Å². The van der Waals surface area contributed by atoms with Crippen molar-refractivity contribution in [2.75, 3.05) is 20.3 Å². The van der Waals surface area contributed by atoms with Crippen LogP contribution in [0.2, 0.25) is 0 Å². The molecule has 0 aliphatic carbocycles. The standard InChI is InChI=1S/C17H22N2O3/c1-11(2)10-22-16-8-14-13(7-15(16)21-3)17(20)19-6-4-5-12(19)9-18-14/h7-9,11-12H,4-6,10H2,1-3H3. The Morgan fingerprint density at radius 3 is 2.91 bits per heavy atom. The Hall–Kier alpha value is -2.04. The molecule has 0 saturated carbocycles. The number of aliphatic imine (C=N–C) groups is 1. The number of benzene rings is 1. The molecule has 0 bridgehead atoms. The summed E-state index contributed by atoms with van der Waals surface area (Å²) in [6.45, 7) is 5.57. The summed E-state index contributed by atoms with van der Waals surface area (Å²) in [6, 6.07) is 3.68. The first-order valence-corrected chi connectivity index (χ1v) is 7.80. The van der Waals surface area contributed by atoms with Gasteiger partial charge in [0.2, 0.25) is 0 Å². The summed E-state index contributed by atoms with van der Waals surface area (Å²) in [5, 5.41) is 0. The highest BCUT2D eigenvalue weighted by atomic mass is 16.5. The number of fused-ring (bicyclic) bond motifs is 2. The summed E-state index contributed by atoms with van der Waals surface area (Å²) in [5.41, 5.74) is 1.26. The Balaban J connectivity index is 1.98. The van der Waals surface area contributed by atoms with E-state index in [9.17, 15) is 4.79 Å². The van der Waals surface area contributed by atoms with Crippen LogP contribution >= 0.6 is 0 Å². The van der Waals surface area contributed by atoms with Crippen LogP contribution in [0.4, 0.5) is 5.69 Å².